The molecule has 1 aromatic heterocycles. The van der Waals surface area contributed by atoms with Crippen molar-refractivity contribution in [3.63, 3.8) is 0 Å². The van der Waals surface area contributed by atoms with Gasteiger partial charge in [0.15, 0.2) is 9.84 Å². The number of nitrogens with one attached hydrogen (secondary N) is 2. The van der Waals surface area contributed by atoms with Gasteiger partial charge in [0, 0.05) is 25.6 Å². The molecular weight excluding hydrogens is 306 g/mol. The molecule has 1 aliphatic heterocycles. The van der Waals surface area contributed by atoms with Crippen LogP contribution in [0.25, 0.3) is 0 Å². The molecule has 1 atom stereocenters. The fraction of sp³-hybridized carbons (Fsp3) is 0.571. The quantitative estimate of drug-likeness (QED) is 0.875. The molecule has 1 aliphatic rings. The summed E-state index contributed by atoms with van der Waals surface area (Å²) in [6.07, 6.45) is 5.38. The van der Waals surface area contributed by atoms with E-state index in [4.69, 9.17) is 4.74 Å². The lowest BCUT2D eigenvalue weighted by molar-refractivity contribution is -0.0612. The van der Waals surface area contributed by atoms with Gasteiger partial charge in [-0.1, -0.05) is 0 Å². The third kappa shape index (κ3) is 4.67. The average molecular weight is 327 g/mol. The average Bonchev–Trinajstić information content (AvgIpc) is 2.46. The maximum absolute atomic E-state index is 11.8. The van der Waals surface area contributed by atoms with E-state index in [0.29, 0.717) is 19.0 Å². The number of carbonyl (C=O) groups excluding carboxylic acids is 1. The highest BCUT2D eigenvalue weighted by Crippen LogP contribution is 2.23. The second kappa shape index (κ2) is 6.62. The van der Waals surface area contributed by atoms with Gasteiger partial charge < -0.3 is 10.1 Å². The first-order chi connectivity index (χ1) is 10.3. The highest BCUT2D eigenvalue weighted by molar-refractivity contribution is 7.90. The van der Waals surface area contributed by atoms with Gasteiger partial charge in [0.25, 0.3) is 0 Å². The zero-order chi connectivity index (χ0) is 16.2. The van der Waals surface area contributed by atoms with Crippen molar-refractivity contribution in [1.82, 2.24) is 10.3 Å². The summed E-state index contributed by atoms with van der Waals surface area (Å²) >= 11 is 0. The molecule has 2 N–H and O–H groups in total. The van der Waals surface area contributed by atoms with Gasteiger partial charge in [-0.05, 0) is 38.3 Å². The second-order valence-electron chi connectivity index (χ2n) is 5.71. The van der Waals surface area contributed by atoms with Crippen molar-refractivity contribution in [3.8, 4) is 0 Å². The van der Waals surface area contributed by atoms with Gasteiger partial charge in [0.1, 0.15) is 5.82 Å². The van der Waals surface area contributed by atoms with E-state index < -0.39 is 15.9 Å². The van der Waals surface area contributed by atoms with Gasteiger partial charge in [-0.25, -0.2) is 18.2 Å². The van der Waals surface area contributed by atoms with Gasteiger partial charge in [-0.15, -0.1) is 0 Å². The first-order valence-electron chi connectivity index (χ1n) is 7.13. The summed E-state index contributed by atoms with van der Waals surface area (Å²) in [6.45, 7) is 3.11. The van der Waals surface area contributed by atoms with Crippen molar-refractivity contribution in [2.24, 2.45) is 0 Å². The molecule has 1 unspecified atom stereocenters. The van der Waals surface area contributed by atoms with Gasteiger partial charge in [0.2, 0.25) is 0 Å². The van der Waals surface area contributed by atoms with Crippen LogP contribution < -0.4 is 10.6 Å². The summed E-state index contributed by atoms with van der Waals surface area (Å²) in [7, 11) is -3.29. The van der Waals surface area contributed by atoms with Crippen molar-refractivity contribution >= 4 is 21.7 Å². The summed E-state index contributed by atoms with van der Waals surface area (Å²) in [5, 5.41) is 5.32. The van der Waals surface area contributed by atoms with Crippen LogP contribution in [0.5, 0.6) is 0 Å². The highest BCUT2D eigenvalue weighted by atomic mass is 32.2. The molecule has 0 radical (unpaired) electrons. The number of pyridine rings is 1. The minimum absolute atomic E-state index is 0.113. The van der Waals surface area contributed by atoms with Crippen LogP contribution in [-0.2, 0) is 14.6 Å². The highest BCUT2D eigenvalue weighted by Gasteiger charge is 2.28. The molecule has 1 fully saturated rings. The standard InChI is InChI=1S/C14H21N3O4S/c1-14(7-3-4-8-21-14)10-16-13(18)17-12-6-5-11(9-15-12)22(2,19)20/h5-6,9H,3-4,7-8,10H2,1-2H3,(H2,15,16,17,18). The number of anilines is 1. The van der Waals surface area contributed by atoms with Crippen LogP contribution in [0.4, 0.5) is 10.6 Å². The van der Waals surface area contributed by atoms with Crippen molar-refractivity contribution < 1.29 is 17.9 Å². The first kappa shape index (κ1) is 16.7. The number of rotatable bonds is 4. The number of urea groups is 1. The molecule has 2 rings (SSSR count). The summed E-state index contributed by atoms with van der Waals surface area (Å²) < 4.78 is 28.3. The van der Waals surface area contributed by atoms with E-state index in [-0.39, 0.29) is 10.5 Å². The van der Waals surface area contributed by atoms with E-state index in [9.17, 15) is 13.2 Å². The van der Waals surface area contributed by atoms with Crippen LogP contribution in [0.3, 0.4) is 0 Å². The monoisotopic (exact) mass is 327 g/mol. The number of sulfone groups is 1. The maximum atomic E-state index is 11.8. The Morgan fingerprint density at radius 2 is 2.18 bits per heavy atom. The van der Waals surface area contributed by atoms with Gasteiger partial charge in [-0.3, -0.25) is 5.32 Å². The molecule has 0 spiro atoms. The molecule has 0 bridgehead atoms. The number of amides is 2. The molecule has 0 aliphatic carbocycles. The van der Waals surface area contributed by atoms with Crippen molar-refractivity contribution in [2.75, 3.05) is 24.7 Å². The van der Waals surface area contributed by atoms with E-state index in [1.807, 2.05) is 6.92 Å². The topological polar surface area (TPSA) is 97.4 Å². The molecule has 1 aromatic rings. The number of nitrogens with zero attached hydrogens (tertiary/aromatic N) is 1. The van der Waals surface area contributed by atoms with Gasteiger partial charge in [-0.2, -0.15) is 0 Å². The lowest BCUT2D eigenvalue weighted by Crippen LogP contribution is -2.45. The van der Waals surface area contributed by atoms with Crippen LogP contribution in [0.15, 0.2) is 23.2 Å². The van der Waals surface area contributed by atoms with Crippen LogP contribution in [0, 0.1) is 0 Å². The van der Waals surface area contributed by atoms with Crippen LogP contribution in [0.2, 0.25) is 0 Å². The Hall–Kier alpha value is -1.67. The predicted molar refractivity (Wildman–Crippen MR) is 82.6 cm³/mol. The molecule has 8 heteroatoms. The third-order valence-corrected chi connectivity index (χ3v) is 4.68. The summed E-state index contributed by atoms with van der Waals surface area (Å²) in [5.41, 5.74) is -0.330. The Kier molecular flexibility index (Phi) is 5.02. The number of hydrogen-bond donors (Lipinski definition) is 2. The Morgan fingerprint density at radius 3 is 2.73 bits per heavy atom. The lowest BCUT2D eigenvalue weighted by atomic mass is 9.96. The van der Waals surface area contributed by atoms with E-state index in [1.165, 1.54) is 18.3 Å². The van der Waals surface area contributed by atoms with Crippen molar-refractivity contribution in [1.29, 1.82) is 0 Å². The molecule has 0 saturated carbocycles. The Morgan fingerprint density at radius 1 is 1.41 bits per heavy atom. The molecular formula is C14H21N3O4S. The second-order valence-corrected chi connectivity index (χ2v) is 7.73. The molecule has 7 nitrogen and oxygen atoms in total. The molecule has 122 valence electrons. The first-order valence-corrected chi connectivity index (χ1v) is 9.03. The van der Waals surface area contributed by atoms with Crippen molar-refractivity contribution in [2.45, 2.75) is 36.7 Å². The zero-order valence-electron chi connectivity index (χ0n) is 12.8. The van der Waals surface area contributed by atoms with E-state index in [2.05, 4.69) is 15.6 Å². The van der Waals surface area contributed by atoms with Crippen molar-refractivity contribution in [3.05, 3.63) is 18.3 Å². The van der Waals surface area contributed by atoms with Gasteiger partial charge >= 0.3 is 6.03 Å². The van der Waals surface area contributed by atoms with E-state index in [1.54, 1.807) is 0 Å². The number of hydrogen-bond acceptors (Lipinski definition) is 5. The molecule has 2 amide bonds. The van der Waals surface area contributed by atoms with E-state index >= 15 is 0 Å². The number of ether oxygens (including phenoxy) is 1. The summed E-state index contributed by atoms with van der Waals surface area (Å²) in [6, 6.07) is 2.47. The fourth-order valence-corrected chi connectivity index (χ4v) is 2.79. The molecule has 0 aromatic carbocycles. The van der Waals surface area contributed by atoms with Crippen LogP contribution >= 0.6 is 0 Å². The Bertz CT molecular complexity index is 622. The van der Waals surface area contributed by atoms with E-state index in [0.717, 1.165) is 25.5 Å². The maximum Gasteiger partial charge on any atom is 0.320 e. The van der Waals surface area contributed by atoms with Crippen LogP contribution in [-0.4, -0.2) is 44.4 Å². The molecule has 2 heterocycles. The molecule has 1 saturated heterocycles. The largest absolute Gasteiger partial charge is 0.373 e. The minimum atomic E-state index is -3.29. The number of aromatic nitrogens is 1. The predicted octanol–water partition coefficient (Wildman–Crippen LogP) is 1.57. The minimum Gasteiger partial charge on any atom is -0.373 e. The normalized spacial score (nSPS) is 22.1. The third-order valence-electron chi connectivity index (χ3n) is 3.58. The zero-order valence-corrected chi connectivity index (χ0v) is 13.6. The van der Waals surface area contributed by atoms with Crippen LogP contribution in [0.1, 0.15) is 26.2 Å². The summed E-state index contributed by atoms with van der Waals surface area (Å²) in [4.78, 5) is 15.9. The Balaban J connectivity index is 1.86. The fourth-order valence-electron chi connectivity index (χ4n) is 2.23. The lowest BCUT2D eigenvalue weighted by Gasteiger charge is -2.33. The van der Waals surface area contributed by atoms with Gasteiger partial charge in [0.05, 0.1) is 10.5 Å². The summed E-state index contributed by atoms with van der Waals surface area (Å²) in [5.74, 6) is 0.291. The number of carbonyl (C=O) groups is 1. The SMILES string of the molecule is CC1(CNC(=O)Nc2ccc(S(C)(=O)=O)cn2)CCCCO1. The smallest absolute Gasteiger partial charge is 0.320 e. The molecule has 22 heavy (non-hydrogen) atoms. The Labute approximate surface area is 130 Å².